The van der Waals surface area contributed by atoms with E-state index in [1.165, 1.54) is 0 Å². The van der Waals surface area contributed by atoms with E-state index >= 15 is 0 Å². The molecule has 1 saturated carbocycles. The Kier molecular flexibility index (Phi) is 7.29. The van der Waals surface area contributed by atoms with Crippen LogP contribution in [0.4, 0.5) is 4.79 Å². The van der Waals surface area contributed by atoms with Crippen LogP contribution in [-0.2, 0) is 16.8 Å². The maximum absolute atomic E-state index is 12.9. The van der Waals surface area contributed by atoms with Crippen molar-refractivity contribution in [1.29, 1.82) is 0 Å². The number of benzene rings is 2. The molecule has 0 radical (unpaired) electrons. The molecule has 2 fully saturated rings. The molecule has 4 rings (SSSR count). The Morgan fingerprint density at radius 2 is 2.03 bits per heavy atom. The smallest absolute Gasteiger partial charge is 0.410 e. The normalized spacial score (nSPS) is 26.9. The Bertz CT molecular complexity index is 997. The van der Waals surface area contributed by atoms with Crippen molar-refractivity contribution in [2.45, 2.75) is 49.3 Å². The SMILES string of the molecule is C=CCN1CCC2(c3cccc(OC)c3)CC(N(C)C(=O)OCc3ccccc3)CCC2(O)C1. The van der Waals surface area contributed by atoms with Crippen LogP contribution in [0.5, 0.6) is 5.75 Å². The molecule has 0 aromatic heterocycles. The zero-order valence-corrected chi connectivity index (χ0v) is 20.3. The van der Waals surface area contributed by atoms with E-state index < -0.39 is 11.0 Å². The van der Waals surface area contributed by atoms with Gasteiger partial charge in [-0.05, 0) is 55.5 Å². The molecule has 1 amide bonds. The third-order valence-electron chi connectivity index (χ3n) is 7.76. The van der Waals surface area contributed by atoms with Crippen LogP contribution >= 0.6 is 0 Å². The number of β-amino-alcohol motifs (C(OH)–C–C–N with tert-alkyl or cyclic N) is 1. The standard InChI is InChI=1S/C28H36N2O4/c1-4-16-30-17-15-27(23-11-8-12-25(18-23)33-3)19-24(13-14-28(27,32)21-30)29(2)26(31)34-20-22-9-6-5-7-10-22/h4-12,18,24,32H,1,13-17,19-21H2,2-3H3. The van der Waals surface area contributed by atoms with Gasteiger partial charge >= 0.3 is 6.09 Å². The number of piperidine rings is 1. The number of likely N-dealkylation sites (tertiary alicyclic amines) is 1. The fourth-order valence-corrected chi connectivity index (χ4v) is 5.79. The summed E-state index contributed by atoms with van der Waals surface area (Å²) in [6, 6.07) is 17.7. The Hall–Kier alpha value is -2.83. The lowest BCUT2D eigenvalue weighted by Crippen LogP contribution is -2.67. The van der Waals surface area contributed by atoms with E-state index in [0.717, 1.165) is 42.8 Å². The fraction of sp³-hybridized carbons (Fsp3) is 0.464. The lowest BCUT2D eigenvalue weighted by atomic mass is 9.55. The van der Waals surface area contributed by atoms with Crippen molar-refractivity contribution < 1.29 is 19.4 Å². The van der Waals surface area contributed by atoms with Gasteiger partial charge in [0.1, 0.15) is 12.4 Å². The molecule has 2 aromatic rings. The lowest BCUT2D eigenvalue weighted by Gasteiger charge is -2.58. The van der Waals surface area contributed by atoms with E-state index in [1.54, 1.807) is 12.0 Å². The molecule has 1 heterocycles. The number of amides is 1. The predicted molar refractivity (Wildman–Crippen MR) is 133 cm³/mol. The molecule has 0 bridgehead atoms. The van der Waals surface area contributed by atoms with Crippen LogP contribution in [0.1, 0.15) is 36.8 Å². The second-order valence-electron chi connectivity index (χ2n) is 9.67. The van der Waals surface area contributed by atoms with Gasteiger partial charge in [0, 0.05) is 31.6 Å². The van der Waals surface area contributed by atoms with Gasteiger partial charge in [0.15, 0.2) is 0 Å². The molecule has 2 aromatic carbocycles. The Labute approximate surface area is 202 Å². The van der Waals surface area contributed by atoms with Crippen molar-refractivity contribution in [3.63, 3.8) is 0 Å². The largest absolute Gasteiger partial charge is 0.497 e. The van der Waals surface area contributed by atoms with E-state index in [2.05, 4.69) is 17.5 Å². The quantitative estimate of drug-likeness (QED) is 0.617. The van der Waals surface area contributed by atoms with Gasteiger partial charge in [0.25, 0.3) is 0 Å². The summed E-state index contributed by atoms with van der Waals surface area (Å²) in [7, 11) is 3.48. The third kappa shape index (κ3) is 4.70. The van der Waals surface area contributed by atoms with Gasteiger partial charge in [-0.1, -0.05) is 48.5 Å². The van der Waals surface area contributed by atoms with E-state index in [9.17, 15) is 9.90 Å². The van der Waals surface area contributed by atoms with Crippen LogP contribution in [0.25, 0.3) is 0 Å². The van der Waals surface area contributed by atoms with Gasteiger partial charge in [-0.15, -0.1) is 6.58 Å². The van der Waals surface area contributed by atoms with Crippen LogP contribution in [0.15, 0.2) is 67.3 Å². The number of carbonyl (C=O) groups excluding carboxylic acids is 1. The van der Waals surface area contributed by atoms with Crippen molar-refractivity contribution in [2.24, 2.45) is 0 Å². The summed E-state index contributed by atoms with van der Waals surface area (Å²) in [5.74, 6) is 0.778. The van der Waals surface area contributed by atoms with Gasteiger partial charge in [-0.2, -0.15) is 0 Å². The molecule has 1 saturated heterocycles. The average Bonchev–Trinajstić information content (AvgIpc) is 2.87. The summed E-state index contributed by atoms with van der Waals surface area (Å²) in [5.41, 5.74) is 0.662. The van der Waals surface area contributed by atoms with Crippen molar-refractivity contribution in [1.82, 2.24) is 9.80 Å². The second kappa shape index (κ2) is 10.2. The summed E-state index contributed by atoms with van der Waals surface area (Å²) in [4.78, 5) is 16.9. The lowest BCUT2D eigenvalue weighted by molar-refractivity contribution is -0.130. The van der Waals surface area contributed by atoms with Crippen LogP contribution in [-0.4, -0.2) is 66.4 Å². The molecular weight excluding hydrogens is 428 g/mol. The molecule has 3 unspecified atom stereocenters. The number of ether oxygens (including phenoxy) is 2. The molecule has 1 aliphatic carbocycles. The van der Waals surface area contributed by atoms with Crippen LogP contribution in [0, 0.1) is 0 Å². The predicted octanol–water partition coefficient (Wildman–Crippen LogP) is 4.38. The number of fused-ring (bicyclic) bond motifs is 1. The molecule has 6 nitrogen and oxygen atoms in total. The second-order valence-corrected chi connectivity index (χ2v) is 9.67. The van der Waals surface area contributed by atoms with Gasteiger partial charge in [0.05, 0.1) is 12.7 Å². The fourth-order valence-electron chi connectivity index (χ4n) is 5.79. The summed E-state index contributed by atoms with van der Waals surface area (Å²) in [5, 5.41) is 12.1. The first-order chi connectivity index (χ1) is 16.4. The highest BCUT2D eigenvalue weighted by atomic mass is 16.6. The first-order valence-electron chi connectivity index (χ1n) is 12.0. The number of carbonyl (C=O) groups is 1. The van der Waals surface area contributed by atoms with E-state index in [1.807, 2.05) is 61.7 Å². The van der Waals surface area contributed by atoms with Gasteiger partial charge in [-0.3, -0.25) is 4.90 Å². The molecule has 1 aliphatic heterocycles. The molecule has 3 atom stereocenters. The number of hydrogen-bond donors (Lipinski definition) is 1. The molecule has 2 aliphatic rings. The number of nitrogens with zero attached hydrogens (tertiary/aromatic N) is 2. The molecular formula is C28H36N2O4. The van der Waals surface area contributed by atoms with Gasteiger partial charge in [0.2, 0.25) is 0 Å². The number of methoxy groups -OCH3 is 1. The Morgan fingerprint density at radius 1 is 1.24 bits per heavy atom. The summed E-state index contributed by atoms with van der Waals surface area (Å²) in [6.07, 6.45) is 4.37. The van der Waals surface area contributed by atoms with Crippen molar-refractivity contribution in [2.75, 3.05) is 33.8 Å². The minimum absolute atomic E-state index is 0.0271. The zero-order valence-electron chi connectivity index (χ0n) is 20.3. The van der Waals surface area contributed by atoms with Gasteiger partial charge < -0.3 is 19.5 Å². The highest BCUT2D eigenvalue weighted by Gasteiger charge is 2.58. The summed E-state index contributed by atoms with van der Waals surface area (Å²) in [6.45, 7) is 6.33. The number of rotatable bonds is 7. The van der Waals surface area contributed by atoms with E-state index in [4.69, 9.17) is 9.47 Å². The van der Waals surface area contributed by atoms with Crippen molar-refractivity contribution in [3.05, 3.63) is 78.4 Å². The highest BCUT2D eigenvalue weighted by Crippen LogP contribution is 2.52. The summed E-state index contributed by atoms with van der Waals surface area (Å²) < 4.78 is 11.1. The van der Waals surface area contributed by atoms with Crippen LogP contribution in [0.2, 0.25) is 0 Å². The maximum Gasteiger partial charge on any atom is 0.410 e. The molecule has 1 N–H and O–H groups in total. The van der Waals surface area contributed by atoms with Crippen molar-refractivity contribution >= 4 is 6.09 Å². The monoisotopic (exact) mass is 464 g/mol. The van der Waals surface area contributed by atoms with Crippen LogP contribution in [0.3, 0.4) is 0 Å². The van der Waals surface area contributed by atoms with Crippen molar-refractivity contribution in [3.8, 4) is 5.75 Å². The minimum Gasteiger partial charge on any atom is -0.497 e. The molecule has 34 heavy (non-hydrogen) atoms. The number of aliphatic hydroxyl groups is 1. The van der Waals surface area contributed by atoms with E-state index in [-0.39, 0.29) is 18.7 Å². The molecule has 6 heteroatoms. The maximum atomic E-state index is 12.9. The van der Waals surface area contributed by atoms with E-state index in [0.29, 0.717) is 19.4 Å². The minimum atomic E-state index is -0.897. The number of hydrogen-bond acceptors (Lipinski definition) is 5. The topological polar surface area (TPSA) is 62.2 Å². The zero-order chi connectivity index (χ0) is 24.2. The van der Waals surface area contributed by atoms with Gasteiger partial charge in [-0.25, -0.2) is 4.79 Å². The Morgan fingerprint density at radius 3 is 2.76 bits per heavy atom. The molecule has 0 spiro atoms. The first kappa shape index (κ1) is 24.3. The first-order valence-corrected chi connectivity index (χ1v) is 12.0. The highest BCUT2D eigenvalue weighted by molar-refractivity contribution is 5.67. The average molecular weight is 465 g/mol. The Balaban J connectivity index is 1.57. The third-order valence-corrected chi connectivity index (χ3v) is 7.76. The molecule has 182 valence electrons. The summed E-state index contributed by atoms with van der Waals surface area (Å²) >= 11 is 0. The van der Waals surface area contributed by atoms with Crippen LogP contribution < -0.4 is 4.74 Å².